The first-order valence-electron chi connectivity index (χ1n) is 3.82. The van der Waals surface area contributed by atoms with Gasteiger partial charge in [0, 0.05) is 17.2 Å². The summed E-state index contributed by atoms with van der Waals surface area (Å²) >= 11 is 0. The Bertz CT molecular complexity index is 264. The molecule has 2 amide bonds. The highest BCUT2D eigenvalue weighted by Gasteiger charge is 2.27. The fourth-order valence-electron chi connectivity index (χ4n) is 1.14. The molecule has 4 heteroatoms. The second kappa shape index (κ2) is 2.97. The van der Waals surface area contributed by atoms with Gasteiger partial charge in [0.25, 0.3) is 5.91 Å². The minimum Gasteiger partial charge on any atom is -0.402 e. The van der Waals surface area contributed by atoms with Gasteiger partial charge in [0.05, 0.1) is 0 Å². The van der Waals surface area contributed by atoms with E-state index in [4.69, 9.17) is 5.73 Å². The van der Waals surface area contributed by atoms with Gasteiger partial charge in [-0.15, -0.1) is 0 Å². The van der Waals surface area contributed by atoms with E-state index in [2.05, 4.69) is 5.32 Å². The average Bonchev–Trinajstić information content (AvgIpc) is 1.96. The lowest BCUT2D eigenvalue weighted by atomic mass is 9.94. The number of hydrogen-bond donors (Lipinski definition) is 2. The van der Waals surface area contributed by atoms with Gasteiger partial charge in [-0.3, -0.25) is 14.9 Å². The van der Waals surface area contributed by atoms with E-state index in [-0.39, 0.29) is 17.7 Å². The van der Waals surface area contributed by atoms with Crippen molar-refractivity contribution in [3.63, 3.8) is 0 Å². The Morgan fingerprint density at radius 2 is 2.17 bits per heavy atom. The molecule has 1 fully saturated rings. The van der Waals surface area contributed by atoms with Crippen molar-refractivity contribution in [1.82, 2.24) is 5.32 Å². The van der Waals surface area contributed by atoms with E-state index in [1.54, 1.807) is 13.8 Å². The van der Waals surface area contributed by atoms with Crippen LogP contribution >= 0.6 is 0 Å². The van der Waals surface area contributed by atoms with Crippen molar-refractivity contribution >= 4 is 11.8 Å². The van der Waals surface area contributed by atoms with Gasteiger partial charge in [0.2, 0.25) is 5.91 Å². The third-order valence-electron chi connectivity index (χ3n) is 1.94. The molecule has 1 atom stereocenters. The van der Waals surface area contributed by atoms with Gasteiger partial charge in [-0.25, -0.2) is 0 Å². The Morgan fingerprint density at radius 3 is 2.67 bits per heavy atom. The molecule has 0 radical (unpaired) electrons. The zero-order valence-corrected chi connectivity index (χ0v) is 7.18. The molecule has 4 nitrogen and oxygen atoms in total. The van der Waals surface area contributed by atoms with Crippen molar-refractivity contribution < 1.29 is 9.59 Å². The van der Waals surface area contributed by atoms with Crippen LogP contribution in [0.15, 0.2) is 11.3 Å². The van der Waals surface area contributed by atoms with Crippen LogP contribution in [0, 0.1) is 5.92 Å². The maximum absolute atomic E-state index is 11.1. The van der Waals surface area contributed by atoms with Gasteiger partial charge in [-0.2, -0.15) is 0 Å². The first-order valence-corrected chi connectivity index (χ1v) is 3.82. The van der Waals surface area contributed by atoms with Crippen molar-refractivity contribution in [3.8, 4) is 0 Å². The van der Waals surface area contributed by atoms with E-state index >= 15 is 0 Å². The Hall–Kier alpha value is -1.32. The van der Waals surface area contributed by atoms with Crippen molar-refractivity contribution in [2.24, 2.45) is 11.7 Å². The van der Waals surface area contributed by atoms with Crippen LogP contribution in [0.2, 0.25) is 0 Å². The summed E-state index contributed by atoms with van der Waals surface area (Å²) in [7, 11) is 0. The molecule has 0 aromatic rings. The predicted octanol–water partition coefficient (Wildman–Crippen LogP) is -0.0983. The lowest BCUT2D eigenvalue weighted by Crippen LogP contribution is -2.42. The van der Waals surface area contributed by atoms with Crippen LogP contribution in [0.4, 0.5) is 0 Å². The highest BCUT2D eigenvalue weighted by atomic mass is 16.2. The highest BCUT2D eigenvalue weighted by Crippen LogP contribution is 2.18. The smallest absolute Gasteiger partial charge is 0.255 e. The predicted molar refractivity (Wildman–Crippen MR) is 43.8 cm³/mol. The molecule has 66 valence electrons. The lowest BCUT2D eigenvalue weighted by Gasteiger charge is -2.20. The third-order valence-corrected chi connectivity index (χ3v) is 1.94. The first-order chi connectivity index (χ1) is 5.52. The van der Waals surface area contributed by atoms with Gasteiger partial charge in [-0.05, 0) is 13.3 Å². The topological polar surface area (TPSA) is 72.2 Å². The van der Waals surface area contributed by atoms with E-state index in [1.165, 1.54) is 0 Å². The molecule has 0 bridgehead atoms. The van der Waals surface area contributed by atoms with E-state index in [1.807, 2.05) is 0 Å². The van der Waals surface area contributed by atoms with Gasteiger partial charge in [0.15, 0.2) is 0 Å². The summed E-state index contributed by atoms with van der Waals surface area (Å²) in [6, 6.07) is 0. The quantitative estimate of drug-likeness (QED) is 0.392. The minimum absolute atomic E-state index is 0.156. The van der Waals surface area contributed by atoms with E-state index in [0.29, 0.717) is 17.7 Å². The van der Waals surface area contributed by atoms with Crippen molar-refractivity contribution in [2.45, 2.75) is 20.3 Å². The molecule has 1 aliphatic rings. The third kappa shape index (κ3) is 1.47. The summed E-state index contributed by atoms with van der Waals surface area (Å²) in [4.78, 5) is 22.1. The molecule has 1 heterocycles. The Morgan fingerprint density at radius 1 is 1.58 bits per heavy atom. The number of nitrogens with one attached hydrogen (secondary N) is 1. The zero-order chi connectivity index (χ0) is 9.30. The molecule has 0 aliphatic carbocycles. The number of nitrogens with two attached hydrogens (primary N) is 1. The van der Waals surface area contributed by atoms with Crippen molar-refractivity contribution in [2.75, 3.05) is 0 Å². The van der Waals surface area contributed by atoms with Crippen molar-refractivity contribution in [1.29, 1.82) is 0 Å². The first kappa shape index (κ1) is 8.77. The summed E-state index contributed by atoms with van der Waals surface area (Å²) in [5.41, 5.74) is 6.49. The number of carbonyl (C=O) groups excluding carboxylic acids is 2. The number of imide groups is 1. The van der Waals surface area contributed by atoms with E-state index < -0.39 is 0 Å². The number of hydrogen-bond acceptors (Lipinski definition) is 3. The SMILES string of the molecule is C/C(N)=C1\CC(C)C(=O)NC1=O. The molecular weight excluding hydrogens is 156 g/mol. The molecule has 0 saturated carbocycles. The second-order valence-corrected chi connectivity index (χ2v) is 3.09. The zero-order valence-electron chi connectivity index (χ0n) is 7.18. The molecule has 1 saturated heterocycles. The molecular formula is C8H12N2O2. The Balaban J connectivity index is 2.90. The summed E-state index contributed by atoms with van der Waals surface area (Å²) in [6.07, 6.45) is 0.451. The monoisotopic (exact) mass is 168 g/mol. The Kier molecular flexibility index (Phi) is 2.17. The largest absolute Gasteiger partial charge is 0.402 e. The van der Waals surface area contributed by atoms with Crippen LogP contribution in [0.1, 0.15) is 20.3 Å². The maximum atomic E-state index is 11.1. The molecule has 0 spiro atoms. The standard InChI is InChI=1S/C8H12N2O2/c1-4-3-6(5(2)9)8(12)10-7(4)11/h4H,3,9H2,1-2H3,(H,10,11,12)/b6-5-. The normalized spacial score (nSPS) is 28.3. The van der Waals surface area contributed by atoms with Gasteiger partial charge >= 0.3 is 0 Å². The van der Waals surface area contributed by atoms with Crippen LogP contribution in [0.5, 0.6) is 0 Å². The molecule has 3 N–H and O–H groups in total. The van der Waals surface area contributed by atoms with Crippen LogP contribution < -0.4 is 11.1 Å². The van der Waals surface area contributed by atoms with Crippen LogP contribution in [0.3, 0.4) is 0 Å². The molecule has 1 aliphatic heterocycles. The molecule has 0 aromatic heterocycles. The summed E-state index contributed by atoms with van der Waals surface area (Å²) in [5, 5.41) is 2.24. The lowest BCUT2D eigenvalue weighted by molar-refractivity contribution is -0.133. The van der Waals surface area contributed by atoms with Gasteiger partial charge in [-0.1, -0.05) is 6.92 Å². The fraction of sp³-hybridized carbons (Fsp3) is 0.500. The van der Waals surface area contributed by atoms with Crippen LogP contribution in [0.25, 0.3) is 0 Å². The number of allylic oxidation sites excluding steroid dienone is 1. The van der Waals surface area contributed by atoms with E-state index in [9.17, 15) is 9.59 Å². The molecule has 1 unspecified atom stereocenters. The number of carbonyl (C=O) groups is 2. The Labute approximate surface area is 70.8 Å². The maximum Gasteiger partial charge on any atom is 0.255 e. The summed E-state index contributed by atoms with van der Waals surface area (Å²) in [5.74, 6) is -0.723. The number of rotatable bonds is 0. The summed E-state index contributed by atoms with van der Waals surface area (Å²) < 4.78 is 0. The average molecular weight is 168 g/mol. The molecule has 1 rings (SSSR count). The summed E-state index contributed by atoms with van der Waals surface area (Å²) in [6.45, 7) is 3.43. The van der Waals surface area contributed by atoms with Crippen LogP contribution in [-0.2, 0) is 9.59 Å². The number of piperidine rings is 1. The van der Waals surface area contributed by atoms with Crippen LogP contribution in [-0.4, -0.2) is 11.8 Å². The fourth-order valence-corrected chi connectivity index (χ4v) is 1.14. The highest BCUT2D eigenvalue weighted by molar-refractivity contribution is 6.08. The molecule has 0 aromatic carbocycles. The number of amides is 2. The van der Waals surface area contributed by atoms with E-state index in [0.717, 1.165) is 0 Å². The second-order valence-electron chi connectivity index (χ2n) is 3.09. The van der Waals surface area contributed by atoms with Gasteiger partial charge in [0.1, 0.15) is 0 Å². The molecule has 12 heavy (non-hydrogen) atoms. The minimum atomic E-state index is -0.349. The van der Waals surface area contributed by atoms with Gasteiger partial charge < -0.3 is 5.73 Å². The van der Waals surface area contributed by atoms with Crippen molar-refractivity contribution in [3.05, 3.63) is 11.3 Å².